The van der Waals surface area contributed by atoms with E-state index in [1.165, 1.54) is 24.3 Å². The highest BCUT2D eigenvalue weighted by Gasteiger charge is 2.27. The summed E-state index contributed by atoms with van der Waals surface area (Å²) in [7, 11) is 2.03. The zero-order chi connectivity index (χ0) is 35.2. The summed E-state index contributed by atoms with van der Waals surface area (Å²) in [6.45, 7) is 2.67. The number of halogens is 3. The quantitative estimate of drug-likeness (QED) is 0.176. The first-order valence-electron chi connectivity index (χ1n) is 16.5. The number of aromatic nitrogens is 6. The summed E-state index contributed by atoms with van der Waals surface area (Å²) in [4.78, 5) is 22.8. The highest BCUT2D eigenvalue weighted by molar-refractivity contribution is 5.92. The predicted molar refractivity (Wildman–Crippen MR) is 180 cm³/mol. The van der Waals surface area contributed by atoms with Crippen LogP contribution in [0.2, 0.25) is 0 Å². The fraction of sp³-hybridized carbons (Fsp3) is 0.270. The van der Waals surface area contributed by atoms with Crippen molar-refractivity contribution in [1.29, 1.82) is 0 Å². The number of likely N-dealkylation sites (N-methyl/N-ethyl adjacent to an activating group) is 1. The monoisotopic (exact) mass is 695 g/mol. The Morgan fingerprint density at radius 1 is 0.961 bits per heavy atom. The average Bonchev–Trinajstić information content (AvgIpc) is 3.70. The maximum atomic E-state index is 15.6. The zero-order valence-electron chi connectivity index (χ0n) is 27.5. The molecule has 14 heteroatoms. The molecule has 51 heavy (non-hydrogen) atoms. The maximum absolute atomic E-state index is 15.6. The highest BCUT2D eigenvalue weighted by Crippen LogP contribution is 2.30. The van der Waals surface area contributed by atoms with Crippen molar-refractivity contribution >= 4 is 17.0 Å². The zero-order valence-corrected chi connectivity index (χ0v) is 27.5. The number of nitrogens with zero attached hydrogens (tertiary/aromatic N) is 7. The number of rotatable bonds is 11. The van der Waals surface area contributed by atoms with Gasteiger partial charge in [-0.25, -0.2) is 32.6 Å². The number of ether oxygens (including phenoxy) is 2. The lowest BCUT2D eigenvalue weighted by Gasteiger charge is -2.35. The lowest BCUT2D eigenvalue weighted by Crippen LogP contribution is -2.45. The van der Waals surface area contributed by atoms with Crippen LogP contribution >= 0.6 is 0 Å². The van der Waals surface area contributed by atoms with Crippen LogP contribution in [0.3, 0.4) is 0 Å². The van der Waals surface area contributed by atoms with Crippen LogP contribution < -0.4 is 4.74 Å². The Balaban J connectivity index is 0.981. The molecule has 2 fully saturated rings. The van der Waals surface area contributed by atoms with Gasteiger partial charge in [0.1, 0.15) is 35.6 Å². The third-order valence-corrected chi connectivity index (χ3v) is 9.39. The van der Waals surface area contributed by atoms with E-state index in [9.17, 15) is 9.90 Å². The number of hydrogen-bond donors (Lipinski definition) is 1. The van der Waals surface area contributed by atoms with Gasteiger partial charge >= 0.3 is 5.97 Å². The van der Waals surface area contributed by atoms with Gasteiger partial charge in [-0.15, -0.1) is 5.10 Å². The van der Waals surface area contributed by atoms with Gasteiger partial charge in [-0.1, -0.05) is 23.4 Å². The Kier molecular flexibility index (Phi) is 8.48. The number of hydrogen-bond acceptors (Lipinski definition) is 8. The molecule has 2 saturated heterocycles. The van der Waals surface area contributed by atoms with Crippen molar-refractivity contribution in [2.24, 2.45) is 0 Å². The number of aromatic carboxylic acids is 1. The average molecular weight is 696 g/mol. The molecule has 3 aromatic heterocycles. The molecule has 8 rings (SSSR count). The van der Waals surface area contributed by atoms with Crippen LogP contribution in [0.4, 0.5) is 13.2 Å². The summed E-state index contributed by atoms with van der Waals surface area (Å²) >= 11 is 0. The van der Waals surface area contributed by atoms with Gasteiger partial charge in [0.25, 0.3) is 0 Å². The van der Waals surface area contributed by atoms with E-state index < -0.39 is 23.4 Å². The van der Waals surface area contributed by atoms with Crippen molar-refractivity contribution in [3.05, 3.63) is 113 Å². The van der Waals surface area contributed by atoms with E-state index in [-0.39, 0.29) is 59.0 Å². The molecule has 2 aliphatic rings. The Hall–Kier alpha value is -5.60. The normalized spacial score (nSPS) is 16.3. The van der Waals surface area contributed by atoms with E-state index in [4.69, 9.17) is 9.47 Å². The topological polar surface area (TPSA) is 120 Å². The molecule has 5 heterocycles. The molecule has 0 spiro atoms. The second-order valence-electron chi connectivity index (χ2n) is 12.9. The van der Waals surface area contributed by atoms with Gasteiger partial charge in [0.15, 0.2) is 0 Å². The SMILES string of the molecule is CN1CC(n2cc(-c3ccc(COc4cccc(-c5cc(F)c(Cc6nc7ccc(C(=O)O)cc7n6C[C@@H]6CCO6)cc5F)n4)c(F)c3)nn2)C1. The van der Waals surface area contributed by atoms with Crippen LogP contribution in [0, 0.1) is 17.5 Å². The molecule has 2 aliphatic heterocycles. The van der Waals surface area contributed by atoms with Gasteiger partial charge in [-0.05, 0) is 61.5 Å². The lowest BCUT2D eigenvalue weighted by atomic mass is 10.0. The van der Waals surface area contributed by atoms with E-state index in [2.05, 4.69) is 25.2 Å². The summed E-state index contributed by atoms with van der Waals surface area (Å²) < 4.78 is 61.3. The van der Waals surface area contributed by atoms with Crippen molar-refractivity contribution in [1.82, 2.24) is 34.4 Å². The van der Waals surface area contributed by atoms with E-state index in [0.717, 1.165) is 31.6 Å². The van der Waals surface area contributed by atoms with Crippen LogP contribution in [0.15, 0.2) is 72.9 Å². The Labute approximate surface area is 289 Å². The van der Waals surface area contributed by atoms with Crippen molar-refractivity contribution < 1.29 is 32.5 Å². The molecule has 0 amide bonds. The second-order valence-corrected chi connectivity index (χ2v) is 12.9. The number of carbonyl (C=O) groups is 1. The van der Waals surface area contributed by atoms with Gasteiger partial charge in [-0.3, -0.25) is 0 Å². The molecule has 0 bridgehead atoms. The van der Waals surface area contributed by atoms with Crippen LogP contribution in [-0.2, 0) is 24.3 Å². The molecule has 11 nitrogen and oxygen atoms in total. The maximum Gasteiger partial charge on any atom is 0.335 e. The van der Waals surface area contributed by atoms with Gasteiger partial charge < -0.3 is 24.0 Å². The molecule has 0 unspecified atom stereocenters. The summed E-state index contributed by atoms with van der Waals surface area (Å²) in [5.41, 5.74) is 2.82. The van der Waals surface area contributed by atoms with Crippen LogP contribution in [0.1, 0.15) is 39.8 Å². The number of likely N-dealkylation sites (tertiary alicyclic amines) is 1. The van der Waals surface area contributed by atoms with Gasteiger partial charge in [-0.2, -0.15) is 0 Å². The minimum atomic E-state index is -1.07. The molecule has 0 radical (unpaired) electrons. The van der Waals surface area contributed by atoms with Gasteiger partial charge in [0, 0.05) is 48.9 Å². The van der Waals surface area contributed by atoms with Crippen LogP contribution in [-0.4, -0.2) is 78.4 Å². The van der Waals surface area contributed by atoms with Crippen molar-refractivity contribution in [2.45, 2.75) is 38.1 Å². The third-order valence-electron chi connectivity index (χ3n) is 9.39. The van der Waals surface area contributed by atoms with Crippen LogP contribution in [0.25, 0.3) is 33.5 Å². The van der Waals surface area contributed by atoms with E-state index >= 15 is 13.2 Å². The van der Waals surface area contributed by atoms with Crippen molar-refractivity contribution in [3.63, 3.8) is 0 Å². The van der Waals surface area contributed by atoms with E-state index in [0.29, 0.717) is 41.3 Å². The molecular weight excluding hydrogens is 663 g/mol. The first-order chi connectivity index (χ1) is 24.7. The van der Waals surface area contributed by atoms with Gasteiger partial charge in [0.2, 0.25) is 5.88 Å². The third kappa shape index (κ3) is 6.55. The molecule has 6 aromatic rings. The molecular formula is C37H32F3N7O4. The largest absolute Gasteiger partial charge is 0.478 e. The minimum Gasteiger partial charge on any atom is -0.478 e. The van der Waals surface area contributed by atoms with Gasteiger partial charge in [0.05, 0.1) is 47.2 Å². The number of fused-ring (bicyclic) bond motifs is 1. The second kappa shape index (κ2) is 13.3. The molecule has 1 N–H and O–H groups in total. The number of benzene rings is 3. The van der Waals surface area contributed by atoms with E-state index in [1.807, 2.05) is 17.8 Å². The standard InChI is InChI=1S/C37H32F3N7O4/c1-45-16-25(17-45)47-19-33(43-44-47)21-5-6-23(28(38)11-21)20-51-36-4-2-3-31(42-36)27-15-29(39)24(12-30(27)40)14-35-41-32-8-7-22(37(48)49)13-34(32)46(35)18-26-9-10-50-26/h2-8,11-13,15,19,25-26H,9-10,14,16-18,20H2,1H3,(H,48,49)/t26-/m0/s1. The van der Waals surface area contributed by atoms with Crippen molar-refractivity contribution in [2.75, 3.05) is 26.7 Å². The first kappa shape index (κ1) is 32.6. The van der Waals surface area contributed by atoms with E-state index in [1.54, 1.807) is 35.0 Å². The number of imidazole rings is 1. The minimum absolute atomic E-state index is 0.0374. The highest BCUT2D eigenvalue weighted by atomic mass is 19.1. The first-order valence-corrected chi connectivity index (χ1v) is 16.5. The molecule has 1 atom stereocenters. The van der Waals surface area contributed by atoms with Crippen molar-refractivity contribution in [3.8, 4) is 28.4 Å². The number of pyridine rings is 1. The summed E-state index contributed by atoms with van der Waals surface area (Å²) in [5.74, 6) is -2.35. The molecule has 3 aromatic carbocycles. The summed E-state index contributed by atoms with van der Waals surface area (Å²) in [6, 6.07) is 16.5. The molecule has 0 aliphatic carbocycles. The fourth-order valence-electron chi connectivity index (χ4n) is 6.41. The lowest BCUT2D eigenvalue weighted by molar-refractivity contribution is -0.0589. The predicted octanol–water partition coefficient (Wildman–Crippen LogP) is 5.92. The fourth-order valence-corrected chi connectivity index (χ4v) is 6.41. The summed E-state index contributed by atoms with van der Waals surface area (Å²) in [5, 5.41) is 17.9. The molecule has 0 saturated carbocycles. The number of carboxylic acid groups (broad SMARTS) is 1. The summed E-state index contributed by atoms with van der Waals surface area (Å²) in [6.07, 6.45) is 2.52. The Morgan fingerprint density at radius 2 is 1.78 bits per heavy atom. The smallest absolute Gasteiger partial charge is 0.335 e. The number of carboxylic acids is 1. The Bertz CT molecular complexity index is 2280. The Morgan fingerprint density at radius 3 is 2.53 bits per heavy atom. The van der Waals surface area contributed by atoms with Crippen LogP contribution in [0.5, 0.6) is 5.88 Å². The molecule has 260 valence electrons.